The Balaban J connectivity index is 0.000000640. The van der Waals surface area contributed by atoms with Crippen molar-refractivity contribution >= 4 is 12.4 Å². The summed E-state index contributed by atoms with van der Waals surface area (Å²) in [6.45, 7) is 3.36. The van der Waals surface area contributed by atoms with Crippen LogP contribution >= 0.6 is 12.4 Å². The molecule has 0 aliphatic carbocycles. The summed E-state index contributed by atoms with van der Waals surface area (Å²) in [5.41, 5.74) is -0.884. The first-order valence-electron chi connectivity index (χ1n) is 3.10. The Morgan fingerprint density at radius 1 is 1.33 bits per heavy atom. The van der Waals surface area contributed by atoms with Crippen molar-refractivity contribution in [3.05, 3.63) is 0 Å². The Morgan fingerprint density at radius 2 is 1.78 bits per heavy atom. The van der Waals surface area contributed by atoms with Crippen LogP contribution in [0.2, 0.25) is 0 Å². The second-order valence-corrected chi connectivity index (χ2v) is 2.66. The molecule has 0 aromatic carbocycles. The molecule has 1 aliphatic heterocycles. The number of hydrogen-bond donors (Lipinski definition) is 1. The fraction of sp³-hybridized carbons (Fsp3) is 1.00. The normalized spacial score (nSPS) is 24.7. The van der Waals surface area contributed by atoms with Gasteiger partial charge in [0.05, 0.1) is 0 Å². The maximum atomic E-state index is 12.8. The van der Waals surface area contributed by atoms with Crippen molar-refractivity contribution in [3.63, 3.8) is 0 Å². The Bertz CT molecular complexity index is 77.1. The van der Waals surface area contributed by atoms with Gasteiger partial charge in [0.15, 0.2) is 0 Å². The van der Waals surface area contributed by atoms with Crippen LogP contribution in [0.3, 0.4) is 0 Å². The maximum absolute atomic E-state index is 12.8. The number of hydrogen-bond acceptors (Lipinski definition) is 1. The monoisotopic (exact) mass is 153 g/mol. The lowest BCUT2D eigenvalue weighted by Crippen LogP contribution is -2.36. The zero-order valence-electron chi connectivity index (χ0n) is 5.61. The molecular weight excluding hydrogens is 141 g/mol. The largest absolute Gasteiger partial charge is 0.316 e. The minimum Gasteiger partial charge on any atom is -0.316 e. The third-order valence-electron chi connectivity index (χ3n) is 1.65. The first-order chi connectivity index (χ1) is 3.71. The van der Waals surface area contributed by atoms with Gasteiger partial charge in [-0.2, -0.15) is 0 Å². The number of piperidine rings is 1. The van der Waals surface area contributed by atoms with E-state index >= 15 is 0 Å². The van der Waals surface area contributed by atoms with Gasteiger partial charge in [-0.1, -0.05) is 0 Å². The van der Waals surface area contributed by atoms with Crippen LogP contribution in [0.5, 0.6) is 0 Å². The lowest BCUT2D eigenvalue weighted by Gasteiger charge is -2.25. The number of nitrogens with one attached hydrogen (secondary N) is 1. The van der Waals surface area contributed by atoms with E-state index in [-0.39, 0.29) is 12.4 Å². The molecule has 0 unspecified atom stereocenters. The van der Waals surface area contributed by atoms with Crippen LogP contribution in [0.1, 0.15) is 19.8 Å². The maximum Gasteiger partial charge on any atom is 0.110 e. The highest BCUT2D eigenvalue weighted by atomic mass is 35.5. The summed E-state index contributed by atoms with van der Waals surface area (Å²) in [5.74, 6) is 0. The molecule has 1 nitrogen and oxygen atoms in total. The molecule has 0 atom stereocenters. The van der Waals surface area contributed by atoms with E-state index < -0.39 is 5.67 Å². The van der Waals surface area contributed by atoms with Crippen molar-refractivity contribution in [1.29, 1.82) is 0 Å². The zero-order valence-corrected chi connectivity index (χ0v) is 6.43. The predicted octanol–water partition coefficient (Wildman–Crippen LogP) is 1.52. The van der Waals surface area contributed by atoms with E-state index in [0.29, 0.717) is 12.8 Å². The first kappa shape index (κ1) is 9.18. The Hall–Kier alpha value is 0.180. The highest BCUT2D eigenvalue weighted by Gasteiger charge is 2.24. The number of alkyl halides is 1. The summed E-state index contributed by atoms with van der Waals surface area (Å²) in [5, 5.41) is 3.10. The Morgan fingerprint density at radius 3 is 2.00 bits per heavy atom. The Labute approximate surface area is 61.4 Å². The van der Waals surface area contributed by atoms with Crippen LogP contribution in [0.15, 0.2) is 0 Å². The van der Waals surface area contributed by atoms with Crippen molar-refractivity contribution < 1.29 is 4.39 Å². The minimum atomic E-state index is -0.884. The van der Waals surface area contributed by atoms with Gasteiger partial charge < -0.3 is 5.32 Å². The van der Waals surface area contributed by atoms with Crippen molar-refractivity contribution in [2.75, 3.05) is 13.1 Å². The van der Waals surface area contributed by atoms with Gasteiger partial charge in [0.25, 0.3) is 0 Å². The second-order valence-electron chi connectivity index (χ2n) is 2.66. The van der Waals surface area contributed by atoms with Crippen LogP contribution in [0, 0.1) is 0 Å². The van der Waals surface area contributed by atoms with Gasteiger partial charge >= 0.3 is 0 Å². The molecule has 1 rings (SSSR count). The molecule has 9 heavy (non-hydrogen) atoms. The fourth-order valence-electron chi connectivity index (χ4n) is 0.948. The van der Waals surface area contributed by atoms with Crippen molar-refractivity contribution in [3.8, 4) is 0 Å². The third kappa shape index (κ3) is 3.01. The molecule has 0 saturated carbocycles. The average Bonchev–Trinajstić information content (AvgIpc) is 1.65. The molecule has 0 spiro atoms. The van der Waals surface area contributed by atoms with Crippen LogP contribution < -0.4 is 5.32 Å². The summed E-state index contributed by atoms with van der Waals surface area (Å²) in [6, 6.07) is 0. The summed E-state index contributed by atoms with van der Waals surface area (Å²) in [4.78, 5) is 0. The van der Waals surface area contributed by atoms with Gasteiger partial charge in [-0.05, 0) is 32.9 Å². The molecule has 3 heteroatoms. The van der Waals surface area contributed by atoms with Crippen LogP contribution in [0.25, 0.3) is 0 Å². The quantitative estimate of drug-likeness (QED) is 0.557. The lowest BCUT2D eigenvalue weighted by molar-refractivity contribution is 0.139. The van der Waals surface area contributed by atoms with Gasteiger partial charge in [-0.3, -0.25) is 0 Å². The second kappa shape index (κ2) is 3.37. The van der Waals surface area contributed by atoms with Crippen LogP contribution in [-0.4, -0.2) is 18.8 Å². The van der Waals surface area contributed by atoms with E-state index in [1.165, 1.54) is 0 Å². The molecule has 0 bridgehead atoms. The van der Waals surface area contributed by atoms with E-state index in [1.807, 2.05) is 0 Å². The van der Waals surface area contributed by atoms with Crippen LogP contribution in [-0.2, 0) is 0 Å². The SMILES string of the molecule is CC1(F)CCNCC1.Cl. The molecule has 1 heterocycles. The van der Waals surface area contributed by atoms with Gasteiger partial charge in [0, 0.05) is 0 Å². The Kier molecular flexibility index (Phi) is 3.44. The van der Waals surface area contributed by atoms with Gasteiger partial charge in [-0.15, -0.1) is 12.4 Å². The summed E-state index contributed by atoms with van der Waals surface area (Å²) in [6.07, 6.45) is 1.35. The van der Waals surface area contributed by atoms with E-state index in [1.54, 1.807) is 6.92 Å². The van der Waals surface area contributed by atoms with Crippen molar-refractivity contribution in [2.45, 2.75) is 25.4 Å². The van der Waals surface area contributed by atoms with E-state index in [0.717, 1.165) is 13.1 Å². The first-order valence-corrected chi connectivity index (χ1v) is 3.10. The van der Waals surface area contributed by atoms with Crippen molar-refractivity contribution in [1.82, 2.24) is 5.32 Å². The molecule has 1 aliphatic rings. The molecule has 1 fully saturated rings. The summed E-state index contributed by atoms with van der Waals surface area (Å²) >= 11 is 0. The van der Waals surface area contributed by atoms with E-state index in [2.05, 4.69) is 5.32 Å². The molecule has 0 radical (unpaired) electrons. The molecule has 0 aromatic heterocycles. The molecule has 0 amide bonds. The van der Waals surface area contributed by atoms with Gasteiger partial charge in [-0.25, -0.2) is 4.39 Å². The summed E-state index contributed by atoms with van der Waals surface area (Å²) < 4.78 is 12.8. The van der Waals surface area contributed by atoms with Crippen molar-refractivity contribution in [2.24, 2.45) is 0 Å². The molecule has 0 aromatic rings. The topological polar surface area (TPSA) is 12.0 Å². The number of halogens is 2. The molecule has 1 N–H and O–H groups in total. The van der Waals surface area contributed by atoms with E-state index in [4.69, 9.17) is 0 Å². The van der Waals surface area contributed by atoms with Crippen LogP contribution in [0.4, 0.5) is 4.39 Å². The van der Waals surface area contributed by atoms with Gasteiger partial charge in [0.2, 0.25) is 0 Å². The smallest absolute Gasteiger partial charge is 0.110 e. The van der Waals surface area contributed by atoms with Gasteiger partial charge in [0.1, 0.15) is 5.67 Å². The third-order valence-corrected chi connectivity index (χ3v) is 1.65. The molecular formula is C6H13ClFN. The molecule has 1 saturated heterocycles. The van der Waals surface area contributed by atoms with E-state index in [9.17, 15) is 4.39 Å². The zero-order chi connectivity index (χ0) is 6.04. The highest BCUT2D eigenvalue weighted by Crippen LogP contribution is 2.20. The highest BCUT2D eigenvalue weighted by molar-refractivity contribution is 5.85. The summed E-state index contributed by atoms with van der Waals surface area (Å²) in [7, 11) is 0. The number of rotatable bonds is 0. The molecule has 56 valence electrons. The lowest BCUT2D eigenvalue weighted by atomic mass is 9.97. The average molecular weight is 154 g/mol. The standard InChI is InChI=1S/C6H12FN.ClH/c1-6(7)2-4-8-5-3-6;/h8H,2-5H2,1H3;1H. The predicted molar refractivity (Wildman–Crippen MR) is 38.9 cm³/mol. The minimum absolute atomic E-state index is 0. The fourth-order valence-corrected chi connectivity index (χ4v) is 0.948.